The van der Waals surface area contributed by atoms with E-state index in [9.17, 15) is 9.59 Å². The van der Waals surface area contributed by atoms with Crippen LogP contribution >= 0.6 is 0 Å². The smallest absolute Gasteiger partial charge is 0.323 e. The molecule has 0 N–H and O–H groups in total. The standard InChI is InChI=1S/C31H42O4/c1-7-8-9-10-11-12-17-34-27(32)16-14-23-19-25-28(24-15-13-21(2)22(3)18-24)30(33)35-29(25)26(20-23)31(4,5)6/h13,15,18-20,28H,7-12,14,16-17H2,1-6H3. The quantitative estimate of drug-likeness (QED) is 0.191. The molecular weight excluding hydrogens is 436 g/mol. The van der Waals surface area contributed by atoms with Crippen molar-refractivity contribution in [3.63, 3.8) is 0 Å². The van der Waals surface area contributed by atoms with Gasteiger partial charge in [0.1, 0.15) is 11.7 Å². The number of aryl methyl sites for hydroxylation is 3. The van der Waals surface area contributed by atoms with Crippen molar-refractivity contribution in [1.82, 2.24) is 0 Å². The molecule has 0 aromatic heterocycles. The molecule has 0 saturated heterocycles. The summed E-state index contributed by atoms with van der Waals surface area (Å²) in [5.74, 6) is -0.149. The van der Waals surface area contributed by atoms with E-state index in [-0.39, 0.29) is 17.4 Å². The summed E-state index contributed by atoms with van der Waals surface area (Å²) in [6.45, 7) is 13.2. The highest BCUT2D eigenvalue weighted by Gasteiger charge is 2.38. The summed E-state index contributed by atoms with van der Waals surface area (Å²) in [6.07, 6.45) is 7.94. The van der Waals surface area contributed by atoms with Crippen LogP contribution in [0.4, 0.5) is 0 Å². The van der Waals surface area contributed by atoms with E-state index in [0.717, 1.165) is 40.7 Å². The van der Waals surface area contributed by atoms with Crippen molar-refractivity contribution in [3.8, 4) is 5.75 Å². The molecule has 4 nitrogen and oxygen atoms in total. The van der Waals surface area contributed by atoms with Gasteiger partial charge in [0.15, 0.2) is 0 Å². The molecule has 1 aliphatic rings. The van der Waals surface area contributed by atoms with Crippen molar-refractivity contribution in [2.45, 2.75) is 104 Å². The second-order valence-corrected chi connectivity index (χ2v) is 11.0. The first kappa shape index (κ1) is 27.0. The van der Waals surface area contributed by atoms with Crippen molar-refractivity contribution < 1.29 is 19.1 Å². The Labute approximate surface area is 211 Å². The van der Waals surface area contributed by atoms with Crippen molar-refractivity contribution in [1.29, 1.82) is 0 Å². The van der Waals surface area contributed by atoms with Gasteiger partial charge >= 0.3 is 11.9 Å². The molecule has 3 rings (SSSR count). The highest BCUT2D eigenvalue weighted by atomic mass is 16.5. The first-order valence-corrected chi connectivity index (χ1v) is 13.2. The number of ether oxygens (including phenoxy) is 2. The molecule has 0 radical (unpaired) electrons. The Kier molecular flexibility index (Phi) is 9.15. The van der Waals surface area contributed by atoms with Crippen LogP contribution in [0.1, 0.15) is 112 Å². The van der Waals surface area contributed by atoms with Crippen LogP contribution in [0.2, 0.25) is 0 Å². The fraction of sp³-hybridized carbons (Fsp3) is 0.548. The maximum atomic E-state index is 13.0. The van der Waals surface area contributed by atoms with Gasteiger partial charge in [-0.1, -0.05) is 90.1 Å². The summed E-state index contributed by atoms with van der Waals surface area (Å²) >= 11 is 0. The van der Waals surface area contributed by atoms with Gasteiger partial charge in [-0.2, -0.15) is 0 Å². The van der Waals surface area contributed by atoms with Crippen molar-refractivity contribution >= 4 is 11.9 Å². The van der Waals surface area contributed by atoms with Crippen LogP contribution < -0.4 is 4.74 Å². The van der Waals surface area contributed by atoms with Gasteiger partial charge in [0.05, 0.1) is 6.61 Å². The molecule has 0 fully saturated rings. The van der Waals surface area contributed by atoms with Crippen LogP contribution in [-0.2, 0) is 26.2 Å². The first-order chi connectivity index (χ1) is 16.6. The highest BCUT2D eigenvalue weighted by Crippen LogP contribution is 2.46. The molecule has 1 atom stereocenters. The molecule has 0 aliphatic carbocycles. The number of carbonyl (C=O) groups is 2. The fourth-order valence-electron chi connectivity index (χ4n) is 4.68. The summed E-state index contributed by atoms with van der Waals surface area (Å²) in [7, 11) is 0. The third-order valence-corrected chi connectivity index (χ3v) is 6.98. The summed E-state index contributed by atoms with van der Waals surface area (Å²) in [4.78, 5) is 25.4. The number of carbonyl (C=O) groups excluding carboxylic acids is 2. The van der Waals surface area contributed by atoms with Gasteiger partial charge in [0, 0.05) is 17.5 Å². The van der Waals surface area contributed by atoms with Crippen LogP contribution in [0.5, 0.6) is 5.75 Å². The second kappa shape index (κ2) is 11.9. The Morgan fingerprint density at radius 3 is 2.37 bits per heavy atom. The fourth-order valence-corrected chi connectivity index (χ4v) is 4.68. The van der Waals surface area contributed by atoms with Crippen LogP contribution in [0, 0.1) is 13.8 Å². The minimum absolute atomic E-state index is 0.158. The lowest BCUT2D eigenvalue weighted by Crippen LogP contribution is -2.14. The molecule has 190 valence electrons. The van der Waals surface area contributed by atoms with E-state index >= 15 is 0 Å². The Hall–Kier alpha value is -2.62. The van der Waals surface area contributed by atoms with Crippen LogP contribution in [0.25, 0.3) is 0 Å². The maximum absolute atomic E-state index is 13.0. The van der Waals surface area contributed by atoms with Gasteiger partial charge in [0.2, 0.25) is 0 Å². The molecule has 1 aliphatic heterocycles. The van der Waals surface area contributed by atoms with Crippen LogP contribution in [-0.4, -0.2) is 18.5 Å². The Morgan fingerprint density at radius 2 is 1.69 bits per heavy atom. The van der Waals surface area contributed by atoms with Crippen molar-refractivity contribution in [2.75, 3.05) is 6.61 Å². The number of benzene rings is 2. The molecule has 4 heteroatoms. The van der Waals surface area contributed by atoms with Gasteiger partial charge in [-0.3, -0.25) is 9.59 Å². The zero-order valence-electron chi connectivity index (χ0n) is 22.5. The van der Waals surface area contributed by atoms with Crippen molar-refractivity contribution in [2.24, 2.45) is 0 Å². The molecule has 0 spiro atoms. The van der Waals surface area contributed by atoms with E-state index in [1.807, 2.05) is 6.07 Å². The lowest BCUT2D eigenvalue weighted by molar-refractivity contribution is -0.143. The Morgan fingerprint density at radius 1 is 0.971 bits per heavy atom. The number of hydrogen-bond donors (Lipinski definition) is 0. The van der Waals surface area contributed by atoms with Gasteiger partial charge < -0.3 is 9.47 Å². The van der Waals surface area contributed by atoms with Gasteiger partial charge in [0.25, 0.3) is 0 Å². The summed E-state index contributed by atoms with van der Waals surface area (Å²) in [5.41, 5.74) is 6.06. The number of hydrogen-bond acceptors (Lipinski definition) is 4. The van der Waals surface area contributed by atoms with Crippen LogP contribution in [0.15, 0.2) is 30.3 Å². The van der Waals surface area contributed by atoms with Crippen molar-refractivity contribution in [3.05, 3.63) is 63.7 Å². The zero-order valence-corrected chi connectivity index (χ0v) is 22.5. The lowest BCUT2D eigenvalue weighted by Gasteiger charge is -2.23. The average Bonchev–Trinajstić information content (AvgIpc) is 3.13. The minimum Gasteiger partial charge on any atom is -0.466 e. The predicted molar refractivity (Wildman–Crippen MR) is 141 cm³/mol. The Bertz CT molecular complexity index is 1040. The molecule has 1 heterocycles. The molecule has 0 bridgehead atoms. The Balaban J connectivity index is 1.73. The molecule has 0 amide bonds. The van der Waals surface area contributed by atoms with Gasteiger partial charge in [-0.25, -0.2) is 0 Å². The number of unbranched alkanes of at least 4 members (excludes halogenated alkanes) is 5. The maximum Gasteiger partial charge on any atom is 0.323 e. The number of rotatable bonds is 11. The third kappa shape index (κ3) is 6.96. The highest BCUT2D eigenvalue weighted by molar-refractivity contribution is 5.90. The average molecular weight is 479 g/mol. The van der Waals surface area contributed by atoms with Crippen LogP contribution in [0.3, 0.4) is 0 Å². The van der Waals surface area contributed by atoms with E-state index in [1.165, 1.54) is 31.2 Å². The van der Waals surface area contributed by atoms with E-state index in [0.29, 0.717) is 25.2 Å². The third-order valence-electron chi connectivity index (χ3n) is 6.98. The largest absolute Gasteiger partial charge is 0.466 e. The topological polar surface area (TPSA) is 52.6 Å². The molecule has 2 aromatic rings. The predicted octanol–water partition coefficient (Wildman–Crippen LogP) is 7.49. The first-order valence-electron chi connectivity index (χ1n) is 13.2. The number of fused-ring (bicyclic) bond motifs is 1. The normalized spacial score (nSPS) is 15.1. The minimum atomic E-state index is -0.440. The molecule has 1 unspecified atom stereocenters. The van der Waals surface area contributed by atoms with E-state index in [2.05, 4.69) is 65.8 Å². The SMILES string of the molecule is CCCCCCCCOC(=O)CCc1cc2c(c(C(C)(C)C)c1)OC(=O)C2c1ccc(C)c(C)c1. The van der Waals surface area contributed by atoms with E-state index in [4.69, 9.17) is 9.47 Å². The zero-order chi connectivity index (χ0) is 25.6. The van der Waals surface area contributed by atoms with Gasteiger partial charge in [-0.15, -0.1) is 0 Å². The molecule has 2 aromatic carbocycles. The molecule has 35 heavy (non-hydrogen) atoms. The summed E-state index contributed by atoms with van der Waals surface area (Å²) in [5, 5.41) is 0. The van der Waals surface area contributed by atoms with Gasteiger partial charge in [-0.05, 0) is 54.4 Å². The lowest BCUT2D eigenvalue weighted by atomic mass is 9.81. The monoisotopic (exact) mass is 478 g/mol. The molecule has 0 saturated carbocycles. The summed E-state index contributed by atoms with van der Waals surface area (Å²) < 4.78 is 11.3. The number of esters is 2. The van der Waals surface area contributed by atoms with E-state index < -0.39 is 5.92 Å². The second-order valence-electron chi connectivity index (χ2n) is 11.0. The van der Waals surface area contributed by atoms with E-state index in [1.54, 1.807) is 0 Å². The summed E-state index contributed by atoms with van der Waals surface area (Å²) in [6, 6.07) is 10.3. The molecular formula is C31H42O4.